The number of hydrogen-bond donors (Lipinski definition) is 0. The zero-order valence-corrected chi connectivity index (χ0v) is 11.7. The smallest absolute Gasteiger partial charge is 0.123 e. The van der Waals surface area contributed by atoms with E-state index in [4.69, 9.17) is 4.74 Å². The molecule has 1 aromatic carbocycles. The second-order valence-corrected chi connectivity index (χ2v) is 6.21. The van der Waals surface area contributed by atoms with Gasteiger partial charge >= 0.3 is 0 Å². The van der Waals surface area contributed by atoms with Crippen LogP contribution in [0, 0.1) is 22.6 Å². The van der Waals surface area contributed by atoms with Gasteiger partial charge in [0.05, 0.1) is 11.5 Å². The summed E-state index contributed by atoms with van der Waals surface area (Å²) in [6, 6.07) is 7.27. The standard InChI is InChI=1S/C17H20FNO/c18-14-5-6-16-13(9-14)10-15(20-16)11-17(12-19)7-3-1-2-4-8-17/h5-6,9,15H,1-4,7-8,10-11H2. The van der Waals surface area contributed by atoms with Crippen LogP contribution in [0.5, 0.6) is 5.75 Å². The molecule has 2 aliphatic rings. The molecule has 1 fully saturated rings. The molecule has 0 bridgehead atoms. The number of fused-ring (bicyclic) bond motifs is 1. The first-order valence-corrected chi connectivity index (χ1v) is 7.57. The van der Waals surface area contributed by atoms with Crippen molar-refractivity contribution in [1.82, 2.24) is 0 Å². The van der Waals surface area contributed by atoms with Crippen LogP contribution in [-0.4, -0.2) is 6.10 Å². The number of benzene rings is 1. The number of hydrogen-bond acceptors (Lipinski definition) is 2. The Morgan fingerprint density at radius 2 is 2.00 bits per heavy atom. The zero-order chi connectivity index (χ0) is 14.0. The highest BCUT2D eigenvalue weighted by atomic mass is 19.1. The molecule has 20 heavy (non-hydrogen) atoms. The van der Waals surface area contributed by atoms with Gasteiger partial charge in [0.25, 0.3) is 0 Å². The maximum atomic E-state index is 13.2. The number of nitrogens with zero attached hydrogens (tertiary/aromatic N) is 1. The molecule has 3 rings (SSSR count). The van der Waals surface area contributed by atoms with E-state index in [0.717, 1.165) is 49.8 Å². The molecular weight excluding hydrogens is 253 g/mol. The first kappa shape index (κ1) is 13.4. The Labute approximate surface area is 119 Å². The van der Waals surface area contributed by atoms with Crippen LogP contribution in [0.15, 0.2) is 18.2 Å². The van der Waals surface area contributed by atoms with Crippen molar-refractivity contribution in [3.63, 3.8) is 0 Å². The molecule has 2 nitrogen and oxygen atoms in total. The average molecular weight is 273 g/mol. The molecule has 0 saturated heterocycles. The van der Waals surface area contributed by atoms with Crippen LogP contribution in [0.2, 0.25) is 0 Å². The molecule has 0 spiro atoms. The van der Waals surface area contributed by atoms with Crippen LogP contribution in [-0.2, 0) is 6.42 Å². The SMILES string of the molecule is N#CC1(CC2Cc3cc(F)ccc3O2)CCCCCC1. The van der Waals surface area contributed by atoms with Crippen molar-refractivity contribution in [1.29, 1.82) is 5.26 Å². The van der Waals surface area contributed by atoms with Crippen molar-refractivity contribution < 1.29 is 9.13 Å². The van der Waals surface area contributed by atoms with Gasteiger partial charge in [-0.15, -0.1) is 0 Å². The summed E-state index contributed by atoms with van der Waals surface area (Å²) in [5.74, 6) is 0.579. The third kappa shape index (κ3) is 2.65. The molecule has 0 amide bonds. The van der Waals surface area contributed by atoms with E-state index in [1.54, 1.807) is 12.1 Å². The van der Waals surface area contributed by atoms with Crippen molar-refractivity contribution in [2.45, 2.75) is 57.5 Å². The monoisotopic (exact) mass is 273 g/mol. The quantitative estimate of drug-likeness (QED) is 0.749. The average Bonchev–Trinajstić information content (AvgIpc) is 2.67. The molecule has 1 aliphatic heterocycles. The van der Waals surface area contributed by atoms with Gasteiger partial charge in [-0.1, -0.05) is 25.7 Å². The lowest BCUT2D eigenvalue weighted by Crippen LogP contribution is -2.27. The Balaban J connectivity index is 1.71. The summed E-state index contributed by atoms with van der Waals surface area (Å²) in [6.45, 7) is 0. The fourth-order valence-electron chi connectivity index (χ4n) is 3.61. The van der Waals surface area contributed by atoms with E-state index in [-0.39, 0.29) is 17.3 Å². The molecule has 1 saturated carbocycles. The summed E-state index contributed by atoms with van der Waals surface area (Å²) in [6.07, 6.45) is 8.26. The van der Waals surface area contributed by atoms with E-state index >= 15 is 0 Å². The molecule has 3 heteroatoms. The summed E-state index contributed by atoms with van der Waals surface area (Å²) < 4.78 is 19.1. The lowest BCUT2D eigenvalue weighted by Gasteiger charge is -2.27. The molecule has 0 N–H and O–H groups in total. The predicted molar refractivity (Wildman–Crippen MR) is 74.9 cm³/mol. The van der Waals surface area contributed by atoms with Crippen molar-refractivity contribution in [2.24, 2.45) is 5.41 Å². The number of nitriles is 1. The minimum atomic E-state index is -0.234. The fourth-order valence-corrected chi connectivity index (χ4v) is 3.61. The summed E-state index contributed by atoms with van der Waals surface area (Å²) in [4.78, 5) is 0. The van der Waals surface area contributed by atoms with Gasteiger partial charge in [-0.05, 0) is 31.0 Å². The fraction of sp³-hybridized carbons (Fsp3) is 0.588. The highest BCUT2D eigenvalue weighted by molar-refractivity contribution is 5.38. The van der Waals surface area contributed by atoms with E-state index in [2.05, 4.69) is 6.07 Å². The van der Waals surface area contributed by atoms with Gasteiger partial charge in [-0.2, -0.15) is 5.26 Å². The normalized spacial score (nSPS) is 24.3. The topological polar surface area (TPSA) is 33.0 Å². The van der Waals surface area contributed by atoms with Crippen molar-refractivity contribution in [2.75, 3.05) is 0 Å². The number of halogens is 1. The summed E-state index contributed by atoms with van der Waals surface area (Å²) in [5, 5.41) is 9.62. The Kier molecular flexibility index (Phi) is 3.65. The molecule has 0 radical (unpaired) electrons. The highest BCUT2D eigenvalue weighted by Crippen LogP contribution is 2.42. The predicted octanol–water partition coefficient (Wildman–Crippen LogP) is 4.38. The summed E-state index contributed by atoms with van der Waals surface area (Å²) in [5.41, 5.74) is 0.707. The van der Waals surface area contributed by atoms with Crippen LogP contribution in [0.25, 0.3) is 0 Å². The maximum absolute atomic E-state index is 13.2. The second-order valence-electron chi connectivity index (χ2n) is 6.21. The highest BCUT2D eigenvalue weighted by Gasteiger charge is 2.36. The largest absolute Gasteiger partial charge is 0.490 e. The summed E-state index contributed by atoms with van der Waals surface area (Å²) >= 11 is 0. The maximum Gasteiger partial charge on any atom is 0.123 e. The van der Waals surface area contributed by atoms with E-state index in [1.165, 1.54) is 18.9 Å². The van der Waals surface area contributed by atoms with Crippen molar-refractivity contribution in [3.05, 3.63) is 29.6 Å². The molecule has 1 aliphatic carbocycles. The van der Waals surface area contributed by atoms with Gasteiger partial charge in [0, 0.05) is 18.4 Å². The van der Waals surface area contributed by atoms with Crippen molar-refractivity contribution in [3.8, 4) is 11.8 Å². The summed E-state index contributed by atoms with van der Waals surface area (Å²) in [7, 11) is 0. The second kappa shape index (κ2) is 5.44. The van der Waals surface area contributed by atoms with Crippen LogP contribution in [0.3, 0.4) is 0 Å². The third-order valence-corrected chi connectivity index (χ3v) is 4.68. The molecule has 1 atom stereocenters. The molecule has 1 aromatic rings. The van der Waals surface area contributed by atoms with E-state index in [0.29, 0.717) is 0 Å². The van der Waals surface area contributed by atoms with Gasteiger partial charge in [0.2, 0.25) is 0 Å². The Morgan fingerprint density at radius 3 is 2.70 bits per heavy atom. The number of rotatable bonds is 2. The van der Waals surface area contributed by atoms with E-state index in [9.17, 15) is 9.65 Å². The molecular formula is C17H20FNO. The Bertz CT molecular complexity index is 526. The zero-order valence-electron chi connectivity index (χ0n) is 11.7. The lowest BCUT2D eigenvalue weighted by atomic mass is 9.76. The van der Waals surface area contributed by atoms with Gasteiger partial charge in [0.1, 0.15) is 17.7 Å². The van der Waals surface area contributed by atoms with Crippen LogP contribution >= 0.6 is 0 Å². The Morgan fingerprint density at radius 1 is 1.25 bits per heavy atom. The molecule has 1 heterocycles. The van der Waals surface area contributed by atoms with Gasteiger partial charge in [-0.3, -0.25) is 0 Å². The van der Waals surface area contributed by atoms with Crippen LogP contribution < -0.4 is 4.74 Å². The van der Waals surface area contributed by atoms with Gasteiger partial charge < -0.3 is 4.74 Å². The van der Waals surface area contributed by atoms with Gasteiger partial charge in [-0.25, -0.2) is 4.39 Å². The minimum Gasteiger partial charge on any atom is -0.490 e. The van der Waals surface area contributed by atoms with E-state index < -0.39 is 0 Å². The lowest BCUT2D eigenvalue weighted by molar-refractivity contribution is 0.155. The van der Waals surface area contributed by atoms with Gasteiger partial charge in [0.15, 0.2) is 0 Å². The first-order chi connectivity index (χ1) is 9.71. The Hall–Kier alpha value is -1.56. The number of ether oxygens (including phenoxy) is 1. The first-order valence-electron chi connectivity index (χ1n) is 7.57. The third-order valence-electron chi connectivity index (χ3n) is 4.68. The van der Waals surface area contributed by atoms with Crippen molar-refractivity contribution >= 4 is 0 Å². The van der Waals surface area contributed by atoms with Crippen LogP contribution in [0.1, 0.15) is 50.5 Å². The minimum absolute atomic E-state index is 0.0320. The van der Waals surface area contributed by atoms with E-state index in [1.807, 2.05) is 0 Å². The molecule has 1 unspecified atom stereocenters. The van der Waals surface area contributed by atoms with Crippen LogP contribution in [0.4, 0.5) is 4.39 Å². The molecule has 106 valence electrons. The molecule has 0 aromatic heterocycles.